The van der Waals surface area contributed by atoms with Crippen LogP contribution in [0.25, 0.3) is 0 Å². The van der Waals surface area contributed by atoms with Crippen LogP contribution >= 0.6 is 0 Å². The molecule has 3 saturated heterocycles. The van der Waals surface area contributed by atoms with E-state index in [1.54, 1.807) is 0 Å². The van der Waals surface area contributed by atoms with Gasteiger partial charge < -0.3 is 14.8 Å². The Labute approximate surface area is 141 Å². The van der Waals surface area contributed by atoms with Crippen LogP contribution in [-0.4, -0.2) is 42.5 Å². The van der Waals surface area contributed by atoms with Crippen LogP contribution in [0.15, 0.2) is 35.9 Å². The molecule has 5 heteroatoms. The summed E-state index contributed by atoms with van der Waals surface area (Å²) >= 11 is 0. The molecule has 126 valence electrons. The van der Waals surface area contributed by atoms with Gasteiger partial charge >= 0.3 is 5.97 Å². The molecule has 0 aliphatic carbocycles. The molecular formula is C19H22N2O3. The molecule has 2 bridgehead atoms. The highest BCUT2D eigenvalue weighted by Crippen LogP contribution is 2.60. The summed E-state index contributed by atoms with van der Waals surface area (Å²) in [5.74, 6) is 0.0733. The van der Waals surface area contributed by atoms with E-state index < -0.39 is 0 Å². The fraction of sp³-hybridized carbons (Fsp3) is 0.526. The van der Waals surface area contributed by atoms with E-state index in [1.807, 2.05) is 6.92 Å². The van der Waals surface area contributed by atoms with Gasteiger partial charge in [-0.1, -0.05) is 24.3 Å². The van der Waals surface area contributed by atoms with Crippen LogP contribution < -0.4 is 5.32 Å². The van der Waals surface area contributed by atoms with Crippen LogP contribution in [0.5, 0.6) is 0 Å². The lowest BCUT2D eigenvalue weighted by Crippen LogP contribution is -2.58. The lowest BCUT2D eigenvalue weighted by molar-refractivity contribution is -0.145. The van der Waals surface area contributed by atoms with Gasteiger partial charge in [0.2, 0.25) is 0 Å². The Kier molecular flexibility index (Phi) is 2.92. The Morgan fingerprint density at radius 1 is 1.42 bits per heavy atom. The Bertz CT molecular complexity index is 746. The molecule has 1 spiro atoms. The number of esters is 1. The fourth-order valence-corrected chi connectivity index (χ4v) is 5.28. The van der Waals surface area contributed by atoms with Crippen LogP contribution in [0.4, 0.5) is 5.69 Å². The lowest BCUT2D eigenvalue weighted by atomic mass is 9.75. The highest BCUT2D eigenvalue weighted by atomic mass is 16.6. The molecule has 3 fully saturated rings. The zero-order valence-electron chi connectivity index (χ0n) is 14.0. The average Bonchev–Trinajstić information content (AvgIpc) is 3.23. The Morgan fingerprint density at radius 2 is 2.25 bits per heavy atom. The van der Waals surface area contributed by atoms with Crippen molar-refractivity contribution in [2.24, 2.45) is 5.92 Å². The molecule has 4 aliphatic heterocycles. The van der Waals surface area contributed by atoms with Crippen molar-refractivity contribution in [3.05, 3.63) is 41.5 Å². The molecule has 4 aliphatic rings. The van der Waals surface area contributed by atoms with Gasteiger partial charge in [0.1, 0.15) is 6.23 Å². The predicted octanol–water partition coefficient (Wildman–Crippen LogP) is 2.46. The third-order valence-electron chi connectivity index (χ3n) is 6.35. The molecule has 5 atom stereocenters. The van der Waals surface area contributed by atoms with Gasteiger partial charge in [0.15, 0.2) is 5.72 Å². The van der Waals surface area contributed by atoms with E-state index in [1.165, 1.54) is 18.4 Å². The summed E-state index contributed by atoms with van der Waals surface area (Å²) in [5.41, 5.74) is 3.29. The van der Waals surface area contributed by atoms with Gasteiger partial charge in [0.05, 0.1) is 19.1 Å². The molecule has 24 heavy (non-hydrogen) atoms. The fourth-order valence-electron chi connectivity index (χ4n) is 5.28. The summed E-state index contributed by atoms with van der Waals surface area (Å²) in [6.07, 6.45) is 3.96. The highest BCUT2D eigenvalue weighted by molar-refractivity contribution is 5.76. The van der Waals surface area contributed by atoms with Crippen molar-refractivity contribution >= 4 is 11.7 Å². The molecule has 1 aromatic carbocycles. The zero-order valence-corrected chi connectivity index (χ0v) is 14.0. The SMILES string of the molecule is C/C=C1\CN2[C@@H](CC1C(=O)OC)[C@]13Nc4ccccc4C1C[C@H]2O3. The van der Waals surface area contributed by atoms with Crippen LogP contribution in [0.3, 0.4) is 0 Å². The molecule has 0 amide bonds. The van der Waals surface area contributed by atoms with Gasteiger partial charge in [-0.05, 0) is 37.0 Å². The van der Waals surface area contributed by atoms with E-state index in [0.717, 1.165) is 25.0 Å². The summed E-state index contributed by atoms with van der Waals surface area (Å²) in [7, 11) is 1.48. The summed E-state index contributed by atoms with van der Waals surface area (Å²) in [6, 6.07) is 8.68. The third kappa shape index (κ3) is 1.64. The van der Waals surface area contributed by atoms with Crippen LogP contribution in [-0.2, 0) is 14.3 Å². The average molecular weight is 326 g/mol. The third-order valence-corrected chi connectivity index (χ3v) is 6.35. The number of fused-ring (bicyclic) bond motifs is 5. The number of carbonyl (C=O) groups excluding carboxylic acids is 1. The van der Waals surface area contributed by atoms with Crippen LogP contribution in [0, 0.1) is 5.92 Å². The normalized spacial score (nSPS) is 40.8. The molecule has 4 heterocycles. The van der Waals surface area contributed by atoms with Crippen LogP contribution in [0.1, 0.15) is 31.2 Å². The van der Waals surface area contributed by atoms with Crippen molar-refractivity contribution in [2.45, 2.75) is 43.7 Å². The zero-order chi connectivity index (χ0) is 16.5. The quantitative estimate of drug-likeness (QED) is 0.635. The van der Waals surface area contributed by atoms with Crippen molar-refractivity contribution in [3.8, 4) is 0 Å². The number of hydrogen-bond donors (Lipinski definition) is 1. The number of hydrogen-bond acceptors (Lipinski definition) is 5. The van der Waals surface area contributed by atoms with Gasteiger partial charge in [-0.15, -0.1) is 0 Å². The number of nitrogens with one attached hydrogen (secondary N) is 1. The standard InChI is InChI=1S/C19H22N2O3/c1-3-11-10-21-16(8-13(11)18(22)23-2)19-14(9-17(21)24-19)12-6-4-5-7-15(12)20-19/h3-7,13-14,16-17,20H,8-10H2,1-2H3/b11-3+/t13?,14?,16-,17+,19-/m0/s1. The van der Waals surface area contributed by atoms with E-state index in [9.17, 15) is 4.79 Å². The number of rotatable bonds is 1. The minimum atomic E-state index is -0.389. The second-order valence-corrected chi connectivity index (χ2v) is 7.23. The van der Waals surface area contributed by atoms with Crippen LogP contribution in [0.2, 0.25) is 0 Å². The van der Waals surface area contributed by atoms with Gasteiger partial charge in [-0.2, -0.15) is 0 Å². The Morgan fingerprint density at radius 3 is 3.04 bits per heavy atom. The monoisotopic (exact) mass is 326 g/mol. The number of allylic oxidation sites excluding steroid dienone is 1. The van der Waals surface area contributed by atoms with E-state index >= 15 is 0 Å². The lowest BCUT2D eigenvalue weighted by Gasteiger charge is -2.45. The minimum Gasteiger partial charge on any atom is -0.469 e. The molecule has 1 N–H and O–H groups in total. The number of methoxy groups -OCH3 is 1. The van der Waals surface area contributed by atoms with Gasteiger partial charge in [0, 0.05) is 18.2 Å². The first-order chi connectivity index (χ1) is 11.7. The molecule has 5 rings (SSSR count). The van der Waals surface area contributed by atoms with E-state index in [2.05, 4.69) is 40.6 Å². The molecule has 1 aromatic rings. The maximum Gasteiger partial charge on any atom is 0.312 e. The molecule has 5 nitrogen and oxygen atoms in total. The topological polar surface area (TPSA) is 50.8 Å². The van der Waals surface area contributed by atoms with Crippen molar-refractivity contribution in [1.82, 2.24) is 4.90 Å². The largest absolute Gasteiger partial charge is 0.469 e. The van der Waals surface area contributed by atoms with E-state index in [0.29, 0.717) is 5.92 Å². The number of benzene rings is 1. The smallest absolute Gasteiger partial charge is 0.312 e. The first kappa shape index (κ1) is 14.5. The first-order valence-corrected chi connectivity index (χ1v) is 8.71. The molecule has 0 saturated carbocycles. The van der Waals surface area contributed by atoms with Crippen molar-refractivity contribution in [1.29, 1.82) is 0 Å². The van der Waals surface area contributed by atoms with Crippen molar-refractivity contribution in [3.63, 3.8) is 0 Å². The molecule has 0 aromatic heterocycles. The predicted molar refractivity (Wildman–Crippen MR) is 89.4 cm³/mol. The first-order valence-electron chi connectivity index (χ1n) is 8.71. The summed E-state index contributed by atoms with van der Waals surface area (Å²) in [4.78, 5) is 14.7. The summed E-state index contributed by atoms with van der Waals surface area (Å²) in [5, 5.41) is 3.68. The number of ether oxygens (including phenoxy) is 2. The van der Waals surface area contributed by atoms with E-state index in [-0.39, 0.29) is 29.9 Å². The number of anilines is 1. The number of piperidine rings is 2. The summed E-state index contributed by atoms with van der Waals surface area (Å²) < 4.78 is 11.6. The second-order valence-electron chi connectivity index (χ2n) is 7.23. The number of nitrogens with zero attached hydrogens (tertiary/aromatic N) is 1. The van der Waals surface area contributed by atoms with E-state index in [4.69, 9.17) is 9.47 Å². The number of para-hydroxylation sites is 1. The van der Waals surface area contributed by atoms with Gasteiger partial charge in [0.25, 0.3) is 0 Å². The maximum absolute atomic E-state index is 12.3. The minimum absolute atomic E-state index is 0.131. The Hall–Kier alpha value is -1.85. The maximum atomic E-state index is 12.3. The highest BCUT2D eigenvalue weighted by Gasteiger charge is 2.68. The Balaban J connectivity index is 1.53. The van der Waals surface area contributed by atoms with Gasteiger partial charge in [-0.3, -0.25) is 9.69 Å². The summed E-state index contributed by atoms with van der Waals surface area (Å²) in [6.45, 7) is 2.80. The molecule has 2 unspecified atom stereocenters. The molecular weight excluding hydrogens is 304 g/mol. The van der Waals surface area contributed by atoms with Crippen molar-refractivity contribution < 1.29 is 14.3 Å². The van der Waals surface area contributed by atoms with Crippen molar-refractivity contribution in [2.75, 3.05) is 19.0 Å². The number of carbonyl (C=O) groups is 1. The van der Waals surface area contributed by atoms with Gasteiger partial charge in [-0.25, -0.2) is 0 Å². The second kappa shape index (κ2) is 4.83. The molecule has 0 radical (unpaired) electrons.